The van der Waals surface area contributed by atoms with Crippen LogP contribution in [0.1, 0.15) is 58.8 Å². The molecule has 18 heavy (non-hydrogen) atoms. The Bertz CT molecular complexity index is 250. The summed E-state index contributed by atoms with van der Waals surface area (Å²) in [7, 11) is 4.05. The largest absolute Gasteiger partial charge is 0.377 e. The zero-order valence-electron chi connectivity index (χ0n) is 12.7. The normalized spacial score (nSPS) is 37.7. The summed E-state index contributed by atoms with van der Waals surface area (Å²) in [6, 6.07) is 0.551. The van der Waals surface area contributed by atoms with Crippen LogP contribution in [-0.4, -0.2) is 25.8 Å². The van der Waals surface area contributed by atoms with Crippen LogP contribution in [-0.2, 0) is 4.74 Å². The van der Waals surface area contributed by atoms with Crippen LogP contribution in [0, 0.1) is 17.8 Å². The van der Waals surface area contributed by atoms with Crippen molar-refractivity contribution in [3.63, 3.8) is 0 Å². The van der Waals surface area contributed by atoms with Crippen molar-refractivity contribution in [2.24, 2.45) is 17.8 Å². The molecule has 3 unspecified atom stereocenters. The van der Waals surface area contributed by atoms with E-state index in [0.717, 1.165) is 17.8 Å². The Morgan fingerprint density at radius 2 is 1.61 bits per heavy atom. The van der Waals surface area contributed by atoms with Crippen LogP contribution in [0.15, 0.2) is 0 Å². The summed E-state index contributed by atoms with van der Waals surface area (Å²) in [5.41, 5.74) is 0.121. The molecule has 0 radical (unpaired) electrons. The molecule has 1 N–H and O–H groups in total. The fraction of sp³-hybridized carbons (Fsp3) is 1.00. The Labute approximate surface area is 113 Å². The number of rotatable bonds is 4. The first-order valence-corrected chi connectivity index (χ1v) is 7.83. The highest BCUT2D eigenvalue weighted by atomic mass is 16.5. The van der Waals surface area contributed by atoms with Crippen LogP contribution in [0.25, 0.3) is 0 Å². The van der Waals surface area contributed by atoms with Crippen LogP contribution < -0.4 is 5.32 Å². The molecular weight excluding hydrogens is 222 g/mol. The second kappa shape index (κ2) is 5.92. The summed E-state index contributed by atoms with van der Waals surface area (Å²) in [5.74, 6) is 2.56. The minimum Gasteiger partial charge on any atom is -0.377 e. The molecule has 106 valence electrons. The number of hydrogen-bond donors (Lipinski definition) is 1. The Kier molecular flexibility index (Phi) is 4.71. The third-order valence-corrected chi connectivity index (χ3v) is 5.42. The van der Waals surface area contributed by atoms with Gasteiger partial charge in [0.25, 0.3) is 0 Å². The maximum atomic E-state index is 6.01. The number of likely N-dealkylation sites (N-methyl/N-ethyl adjacent to an activating group) is 1. The second-order valence-corrected chi connectivity index (χ2v) is 6.92. The number of hydrogen-bond acceptors (Lipinski definition) is 2. The first kappa shape index (κ1) is 14.3. The fourth-order valence-electron chi connectivity index (χ4n) is 4.83. The molecule has 2 heteroatoms. The molecule has 2 fully saturated rings. The summed E-state index contributed by atoms with van der Waals surface area (Å²) in [4.78, 5) is 0. The van der Waals surface area contributed by atoms with Crippen molar-refractivity contribution in [2.45, 2.75) is 70.4 Å². The molecule has 2 aliphatic carbocycles. The third kappa shape index (κ3) is 2.75. The maximum absolute atomic E-state index is 6.01. The molecule has 0 aromatic heterocycles. The maximum Gasteiger partial charge on any atom is 0.0833 e. The summed E-state index contributed by atoms with van der Waals surface area (Å²) in [5, 5.41) is 3.62. The molecule has 0 saturated heterocycles. The van der Waals surface area contributed by atoms with E-state index in [0.29, 0.717) is 6.04 Å². The van der Waals surface area contributed by atoms with Gasteiger partial charge in [-0.2, -0.15) is 0 Å². The van der Waals surface area contributed by atoms with E-state index in [-0.39, 0.29) is 5.60 Å². The van der Waals surface area contributed by atoms with Gasteiger partial charge in [0, 0.05) is 13.2 Å². The van der Waals surface area contributed by atoms with Crippen molar-refractivity contribution >= 4 is 0 Å². The molecule has 3 atom stereocenters. The summed E-state index contributed by atoms with van der Waals surface area (Å²) >= 11 is 0. The Morgan fingerprint density at radius 1 is 1.06 bits per heavy atom. The molecule has 0 aromatic carbocycles. The van der Waals surface area contributed by atoms with Gasteiger partial charge in [-0.25, -0.2) is 0 Å². The van der Waals surface area contributed by atoms with Gasteiger partial charge in [0.15, 0.2) is 0 Å². The van der Waals surface area contributed by atoms with Gasteiger partial charge < -0.3 is 10.1 Å². The lowest BCUT2D eigenvalue weighted by Crippen LogP contribution is -2.54. The number of ether oxygens (including phenoxy) is 1. The summed E-state index contributed by atoms with van der Waals surface area (Å²) < 4.78 is 6.01. The van der Waals surface area contributed by atoms with E-state index in [1.807, 2.05) is 7.11 Å². The molecule has 2 rings (SSSR count). The highest BCUT2D eigenvalue weighted by Crippen LogP contribution is 2.43. The molecular formula is C16H31NO. The van der Waals surface area contributed by atoms with E-state index in [1.54, 1.807) is 0 Å². The lowest BCUT2D eigenvalue weighted by molar-refractivity contribution is -0.0593. The Hall–Kier alpha value is -0.0800. The lowest BCUT2D eigenvalue weighted by atomic mass is 9.69. The van der Waals surface area contributed by atoms with E-state index in [2.05, 4.69) is 26.2 Å². The van der Waals surface area contributed by atoms with E-state index in [1.165, 1.54) is 44.9 Å². The van der Waals surface area contributed by atoms with Gasteiger partial charge in [-0.05, 0) is 56.9 Å². The van der Waals surface area contributed by atoms with Crippen molar-refractivity contribution in [1.82, 2.24) is 5.32 Å². The van der Waals surface area contributed by atoms with Crippen molar-refractivity contribution in [3.8, 4) is 0 Å². The summed E-state index contributed by atoms with van der Waals surface area (Å²) in [6.45, 7) is 4.84. The summed E-state index contributed by atoms with van der Waals surface area (Å²) in [6.07, 6.45) is 9.32. The van der Waals surface area contributed by atoms with E-state index in [9.17, 15) is 0 Å². The Morgan fingerprint density at radius 3 is 2.06 bits per heavy atom. The molecule has 2 nitrogen and oxygen atoms in total. The highest BCUT2D eigenvalue weighted by Gasteiger charge is 2.45. The van der Waals surface area contributed by atoms with E-state index >= 15 is 0 Å². The van der Waals surface area contributed by atoms with Gasteiger partial charge >= 0.3 is 0 Å². The predicted molar refractivity (Wildman–Crippen MR) is 76.7 cm³/mol. The van der Waals surface area contributed by atoms with Gasteiger partial charge in [-0.1, -0.05) is 26.7 Å². The van der Waals surface area contributed by atoms with Crippen LogP contribution >= 0.6 is 0 Å². The molecule has 2 saturated carbocycles. The zero-order valence-corrected chi connectivity index (χ0v) is 12.7. The zero-order chi connectivity index (χ0) is 13.2. The van der Waals surface area contributed by atoms with Crippen molar-refractivity contribution < 1.29 is 4.74 Å². The monoisotopic (exact) mass is 253 g/mol. The molecule has 0 bridgehead atoms. The van der Waals surface area contributed by atoms with Gasteiger partial charge in [0.1, 0.15) is 0 Å². The average molecular weight is 253 g/mol. The predicted octanol–water partition coefficient (Wildman–Crippen LogP) is 3.61. The molecule has 0 spiro atoms. The van der Waals surface area contributed by atoms with Gasteiger partial charge in [-0.15, -0.1) is 0 Å². The van der Waals surface area contributed by atoms with Crippen LogP contribution in [0.2, 0.25) is 0 Å². The van der Waals surface area contributed by atoms with Crippen LogP contribution in [0.4, 0.5) is 0 Å². The second-order valence-electron chi connectivity index (χ2n) is 6.92. The van der Waals surface area contributed by atoms with Gasteiger partial charge in [0.2, 0.25) is 0 Å². The minimum absolute atomic E-state index is 0.121. The van der Waals surface area contributed by atoms with E-state index < -0.39 is 0 Å². The standard InChI is InChI=1S/C16H31NO/c1-12-9-13(2)11-14(10-12)15(17-3)16(18-4)7-5-6-8-16/h12-15,17H,5-11H2,1-4H3. The van der Waals surface area contributed by atoms with Gasteiger partial charge in [0.05, 0.1) is 5.60 Å². The Balaban J connectivity index is 2.11. The molecule has 0 amide bonds. The molecule has 0 aliphatic heterocycles. The topological polar surface area (TPSA) is 21.3 Å². The van der Waals surface area contributed by atoms with Crippen molar-refractivity contribution in [3.05, 3.63) is 0 Å². The first-order valence-electron chi connectivity index (χ1n) is 7.83. The van der Waals surface area contributed by atoms with Crippen LogP contribution in [0.3, 0.4) is 0 Å². The van der Waals surface area contributed by atoms with Gasteiger partial charge in [-0.3, -0.25) is 0 Å². The quantitative estimate of drug-likeness (QED) is 0.826. The van der Waals surface area contributed by atoms with E-state index in [4.69, 9.17) is 4.74 Å². The smallest absolute Gasteiger partial charge is 0.0833 e. The average Bonchev–Trinajstić information content (AvgIpc) is 2.78. The van der Waals surface area contributed by atoms with Crippen LogP contribution in [0.5, 0.6) is 0 Å². The highest BCUT2D eigenvalue weighted by molar-refractivity contribution is 5.00. The number of methoxy groups -OCH3 is 1. The fourth-order valence-corrected chi connectivity index (χ4v) is 4.83. The molecule has 0 heterocycles. The lowest BCUT2D eigenvalue weighted by Gasteiger charge is -2.45. The molecule has 0 aromatic rings. The molecule has 2 aliphatic rings. The van der Waals surface area contributed by atoms with Crippen molar-refractivity contribution in [2.75, 3.05) is 14.2 Å². The SMILES string of the molecule is CNC(C1CC(C)CC(C)C1)C1(OC)CCCC1. The third-order valence-electron chi connectivity index (χ3n) is 5.42. The van der Waals surface area contributed by atoms with Crippen molar-refractivity contribution in [1.29, 1.82) is 0 Å². The minimum atomic E-state index is 0.121. The first-order chi connectivity index (χ1) is 8.61. The number of nitrogens with one attached hydrogen (secondary N) is 1.